The minimum absolute atomic E-state index is 0.0579. The van der Waals surface area contributed by atoms with Crippen molar-refractivity contribution in [1.29, 1.82) is 0 Å². The highest BCUT2D eigenvalue weighted by atomic mass is 19.2. The fourth-order valence-electron chi connectivity index (χ4n) is 5.63. The van der Waals surface area contributed by atoms with Crippen molar-refractivity contribution in [2.45, 2.75) is 32.4 Å². The van der Waals surface area contributed by atoms with E-state index in [2.05, 4.69) is 0 Å². The zero-order chi connectivity index (χ0) is 26.7. The fourth-order valence-corrected chi connectivity index (χ4v) is 5.63. The molecule has 3 aromatic rings. The molecule has 3 saturated heterocycles. The van der Waals surface area contributed by atoms with E-state index in [-0.39, 0.29) is 18.5 Å². The molecule has 6 rings (SSSR count). The fraction of sp³-hybridized carbons (Fsp3) is 0.367. The number of carbonyl (C=O) groups excluding carboxylic acids is 1. The number of halogens is 3. The Morgan fingerprint density at radius 3 is 2.45 bits per heavy atom. The van der Waals surface area contributed by atoms with Crippen LogP contribution in [0.5, 0.6) is 5.75 Å². The van der Waals surface area contributed by atoms with Crippen molar-refractivity contribution in [2.75, 3.05) is 37.7 Å². The van der Waals surface area contributed by atoms with Crippen molar-refractivity contribution in [3.8, 4) is 5.75 Å². The average molecular weight is 526 g/mol. The molecule has 0 N–H and O–H groups in total. The molecule has 0 aliphatic carbocycles. The van der Waals surface area contributed by atoms with Crippen LogP contribution >= 0.6 is 0 Å². The number of aryl methyl sites for hydroxylation is 1. The molecule has 1 unspecified atom stereocenters. The first-order valence-corrected chi connectivity index (χ1v) is 13.0. The number of benzene rings is 3. The Labute approximate surface area is 221 Å². The molecule has 0 spiro atoms. The monoisotopic (exact) mass is 525 g/mol. The summed E-state index contributed by atoms with van der Waals surface area (Å²) in [5.41, 5.74) is 2.08. The Hall–Kier alpha value is -3.52. The maximum Gasteiger partial charge on any atom is 0.415 e. The van der Waals surface area contributed by atoms with E-state index in [1.807, 2.05) is 31.2 Å². The third-order valence-corrected chi connectivity index (χ3v) is 7.80. The molecular formula is C30H32F3N2O3+. The number of quaternary nitrogens is 1. The van der Waals surface area contributed by atoms with Gasteiger partial charge in [-0.3, -0.25) is 4.90 Å². The lowest BCUT2D eigenvalue weighted by Gasteiger charge is -2.52. The number of hydrogen-bond donors (Lipinski definition) is 0. The van der Waals surface area contributed by atoms with Gasteiger partial charge in [0.2, 0.25) is 0 Å². The number of rotatable bonds is 8. The number of nitrogens with zero attached hydrogens (tertiary/aromatic N) is 2. The van der Waals surface area contributed by atoms with E-state index in [1.165, 1.54) is 23.1 Å². The van der Waals surface area contributed by atoms with Crippen molar-refractivity contribution in [1.82, 2.24) is 0 Å². The van der Waals surface area contributed by atoms with E-state index >= 15 is 0 Å². The molecule has 5 nitrogen and oxygen atoms in total. The number of ether oxygens (including phenoxy) is 2. The van der Waals surface area contributed by atoms with Crippen LogP contribution in [0.3, 0.4) is 0 Å². The Bertz CT molecular complexity index is 1280. The lowest BCUT2D eigenvalue weighted by atomic mass is 9.83. The molecular weight excluding hydrogens is 493 g/mol. The first kappa shape index (κ1) is 26.1. The standard InChI is InChI=1S/C30H32F3N2O3/c1-21-3-2-4-25(17-21)34(19-22-5-10-27(32)28(33)18-22)30(36)38-29-20-35(13-11-23(29)12-14-35)15-16-37-26-8-6-24(31)7-9-26/h2-10,17-18,23,29H,11-16,19-20H2,1H3/q+1. The molecule has 0 saturated carbocycles. The highest BCUT2D eigenvalue weighted by molar-refractivity contribution is 5.87. The maximum absolute atomic E-state index is 13.9. The zero-order valence-corrected chi connectivity index (χ0v) is 21.4. The quantitative estimate of drug-likeness (QED) is 0.327. The van der Waals surface area contributed by atoms with E-state index in [9.17, 15) is 18.0 Å². The van der Waals surface area contributed by atoms with Crippen LogP contribution in [0.4, 0.5) is 23.7 Å². The minimum atomic E-state index is -0.952. The highest BCUT2D eigenvalue weighted by Gasteiger charge is 2.48. The first-order valence-electron chi connectivity index (χ1n) is 13.0. The van der Waals surface area contributed by atoms with E-state index in [1.54, 1.807) is 12.1 Å². The molecule has 3 fully saturated rings. The lowest BCUT2D eigenvalue weighted by molar-refractivity contribution is -0.946. The molecule has 8 heteroatoms. The van der Waals surface area contributed by atoms with Crippen molar-refractivity contribution >= 4 is 11.8 Å². The van der Waals surface area contributed by atoms with Gasteiger partial charge in [0.15, 0.2) is 17.7 Å². The molecule has 3 aromatic carbocycles. The lowest BCUT2D eigenvalue weighted by Crippen LogP contribution is -2.65. The van der Waals surface area contributed by atoms with Crippen LogP contribution in [0.2, 0.25) is 0 Å². The molecule has 3 aliphatic heterocycles. The summed E-state index contributed by atoms with van der Waals surface area (Å²) >= 11 is 0. The summed E-state index contributed by atoms with van der Waals surface area (Å²) < 4.78 is 53.4. The normalized spacial score (nSPS) is 22.2. The van der Waals surface area contributed by atoms with Crippen LogP contribution in [-0.2, 0) is 11.3 Å². The molecule has 3 heterocycles. The molecule has 38 heavy (non-hydrogen) atoms. The topological polar surface area (TPSA) is 38.8 Å². The summed E-state index contributed by atoms with van der Waals surface area (Å²) in [6.07, 6.45) is 1.18. The largest absolute Gasteiger partial charge is 0.488 e. The predicted molar refractivity (Wildman–Crippen MR) is 138 cm³/mol. The second-order valence-corrected chi connectivity index (χ2v) is 10.4. The van der Waals surface area contributed by atoms with Crippen molar-refractivity contribution < 1.29 is 31.9 Å². The Morgan fingerprint density at radius 2 is 1.74 bits per heavy atom. The Balaban J connectivity index is 1.27. The highest BCUT2D eigenvalue weighted by Crippen LogP contribution is 2.36. The van der Waals surface area contributed by atoms with Gasteiger partial charge in [-0.25, -0.2) is 18.0 Å². The van der Waals surface area contributed by atoms with Gasteiger partial charge in [-0.15, -0.1) is 0 Å². The molecule has 3 aliphatic rings. The summed E-state index contributed by atoms with van der Waals surface area (Å²) in [7, 11) is 0. The predicted octanol–water partition coefficient (Wildman–Crippen LogP) is 6.24. The number of fused-ring (bicyclic) bond motifs is 3. The van der Waals surface area contributed by atoms with Crippen LogP contribution in [0, 0.1) is 30.3 Å². The van der Waals surface area contributed by atoms with Crippen LogP contribution < -0.4 is 9.64 Å². The third kappa shape index (κ3) is 5.96. The van der Waals surface area contributed by atoms with Gasteiger partial charge >= 0.3 is 6.09 Å². The summed E-state index contributed by atoms with van der Waals surface area (Å²) in [6, 6.07) is 17.1. The van der Waals surface area contributed by atoms with Crippen molar-refractivity contribution in [2.24, 2.45) is 5.92 Å². The van der Waals surface area contributed by atoms with Gasteiger partial charge in [0.1, 0.15) is 31.3 Å². The van der Waals surface area contributed by atoms with Gasteiger partial charge in [0, 0.05) is 24.4 Å². The number of hydrogen-bond acceptors (Lipinski definition) is 3. The van der Waals surface area contributed by atoms with Gasteiger partial charge in [-0.1, -0.05) is 18.2 Å². The first-order chi connectivity index (χ1) is 18.3. The minimum Gasteiger partial charge on any atom is -0.488 e. The number of carbonyl (C=O) groups is 1. The van der Waals surface area contributed by atoms with Crippen molar-refractivity contribution in [3.05, 3.63) is 95.3 Å². The van der Waals surface area contributed by atoms with Gasteiger partial charge in [-0.05, 0) is 66.6 Å². The summed E-state index contributed by atoms with van der Waals surface area (Å²) in [4.78, 5) is 15.0. The van der Waals surface area contributed by atoms with Crippen molar-refractivity contribution in [3.63, 3.8) is 0 Å². The smallest absolute Gasteiger partial charge is 0.415 e. The maximum atomic E-state index is 13.9. The number of amides is 1. The second kappa shape index (κ2) is 11.1. The van der Waals surface area contributed by atoms with Crippen LogP contribution in [0.1, 0.15) is 24.0 Å². The SMILES string of the molecule is Cc1cccc(N(Cc2ccc(F)c(F)c2)C(=O)OC2C[N+]3(CCOc4ccc(F)cc4)CCC2CC3)c1. The second-order valence-electron chi connectivity index (χ2n) is 10.4. The molecule has 200 valence electrons. The molecule has 1 atom stereocenters. The van der Waals surface area contributed by atoms with E-state index < -0.39 is 17.7 Å². The summed E-state index contributed by atoms with van der Waals surface area (Å²) in [5, 5.41) is 0. The molecule has 1 amide bonds. The summed E-state index contributed by atoms with van der Waals surface area (Å²) in [5.74, 6) is -1.26. The van der Waals surface area contributed by atoms with Gasteiger partial charge in [-0.2, -0.15) is 0 Å². The number of anilines is 1. The average Bonchev–Trinajstić information content (AvgIpc) is 2.91. The third-order valence-electron chi connectivity index (χ3n) is 7.80. The van der Waals surface area contributed by atoms with Gasteiger partial charge in [0.25, 0.3) is 0 Å². The van der Waals surface area contributed by atoms with E-state index in [0.29, 0.717) is 36.1 Å². The van der Waals surface area contributed by atoms with E-state index in [4.69, 9.17) is 9.47 Å². The van der Waals surface area contributed by atoms with E-state index in [0.717, 1.165) is 54.7 Å². The van der Waals surface area contributed by atoms with Crippen LogP contribution in [0.25, 0.3) is 0 Å². The zero-order valence-electron chi connectivity index (χ0n) is 21.4. The van der Waals surface area contributed by atoms with Gasteiger partial charge < -0.3 is 14.0 Å². The molecule has 2 bridgehead atoms. The molecule has 0 radical (unpaired) electrons. The summed E-state index contributed by atoms with van der Waals surface area (Å²) in [6.45, 7) is 5.96. The number of piperidine rings is 3. The Morgan fingerprint density at radius 1 is 0.974 bits per heavy atom. The van der Waals surface area contributed by atoms with Gasteiger partial charge in [0.05, 0.1) is 19.6 Å². The Kier molecular flexibility index (Phi) is 7.61. The van der Waals surface area contributed by atoms with Crippen LogP contribution in [0.15, 0.2) is 66.7 Å². The molecule has 0 aromatic heterocycles. The van der Waals surface area contributed by atoms with Crippen LogP contribution in [-0.4, -0.2) is 49.5 Å².